The Kier molecular flexibility index (Phi) is 8.53. The molecule has 38 heavy (non-hydrogen) atoms. The van der Waals surface area contributed by atoms with E-state index in [9.17, 15) is 9.59 Å². The van der Waals surface area contributed by atoms with Gasteiger partial charge >= 0.3 is 0 Å². The summed E-state index contributed by atoms with van der Waals surface area (Å²) >= 11 is 0. The molecule has 0 radical (unpaired) electrons. The molecule has 0 spiro atoms. The second-order valence-electron chi connectivity index (χ2n) is 15.9. The molecule has 0 aromatic heterocycles. The van der Waals surface area contributed by atoms with Crippen LogP contribution in [0.2, 0.25) is 0 Å². The van der Waals surface area contributed by atoms with E-state index in [1.807, 2.05) is 0 Å². The Morgan fingerprint density at radius 2 is 1.26 bits per heavy atom. The first-order chi connectivity index (χ1) is 17.9. The zero-order valence-corrected chi connectivity index (χ0v) is 25.3. The predicted octanol–water partition coefficient (Wildman–Crippen LogP) is 7.95. The van der Waals surface area contributed by atoms with E-state index in [1.165, 1.54) is 12.8 Å². The summed E-state index contributed by atoms with van der Waals surface area (Å²) in [5.74, 6) is 3.53. The van der Waals surface area contributed by atoms with Crippen LogP contribution in [-0.4, -0.2) is 35.5 Å². The summed E-state index contributed by atoms with van der Waals surface area (Å²) in [6.45, 7) is 13.4. The Hall–Kier alpha value is -0.740. The summed E-state index contributed by atoms with van der Waals surface area (Å²) in [5.41, 5.74) is 0.244. The first-order valence-corrected chi connectivity index (χ1v) is 16.3. The number of ether oxygens (including phenoxy) is 2. The van der Waals surface area contributed by atoms with Crippen LogP contribution >= 0.6 is 0 Å². The summed E-state index contributed by atoms with van der Waals surface area (Å²) in [4.78, 5) is 27.5. The molecule has 0 bridgehead atoms. The molecule has 1 heterocycles. The minimum absolute atomic E-state index is 0.111. The van der Waals surface area contributed by atoms with E-state index in [4.69, 9.17) is 9.47 Å². The SMILES string of the molecule is CC(C)(C)OC1CCC(C(=O)C2CCCC3OC4CC(C(=O)C5CCC(C(C)(C)C)CC5)CCC4C32)CC1. The smallest absolute Gasteiger partial charge is 0.139 e. The fourth-order valence-corrected chi connectivity index (χ4v) is 9.33. The van der Waals surface area contributed by atoms with Gasteiger partial charge < -0.3 is 9.47 Å². The zero-order chi connectivity index (χ0) is 27.2. The van der Waals surface area contributed by atoms with Crippen LogP contribution < -0.4 is 0 Å². The maximum absolute atomic E-state index is 13.9. The van der Waals surface area contributed by atoms with Gasteiger partial charge in [-0.2, -0.15) is 0 Å². The molecular weight excluding hydrogens is 472 g/mol. The molecule has 4 aliphatic carbocycles. The number of hydrogen-bond donors (Lipinski definition) is 0. The quantitative estimate of drug-likeness (QED) is 0.363. The molecule has 0 aromatic rings. The van der Waals surface area contributed by atoms with Gasteiger partial charge in [-0.05, 0) is 121 Å². The Morgan fingerprint density at radius 1 is 0.658 bits per heavy atom. The topological polar surface area (TPSA) is 52.6 Å². The largest absolute Gasteiger partial charge is 0.374 e. The number of fused-ring (bicyclic) bond motifs is 3. The van der Waals surface area contributed by atoms with E-state index >= 15 is 0 Å². The van der Waals surface area contributed by atoms with Gasteiger partial charge in [-0.25, -0.2) is 0 Å². The van der Waals surface area contributed by atoms with Crippen LogP contribution in [-0.2, 0) is 19.1 Å². The fraction of sp³-hybridized carbons (Fsp3) is 0.941. The monoisotopic (exact) mass is 528 g/mol. The lowest BCUT2D eigenvalue weighted by atomic mass is 9.62. The molecule has 0 N–H and O–H groups in total. The van der Waals surface area contributed by atoms with Gasteiger partial charge in [-0.3, -0.25) is 9.59 Å². The molecule has 216 valence electrons. The highest BCUT2D eigenvalue weighted by Gasteiger charge is 2.54. The summed E-state index contributed by atoms with van der Waals surface area (Å²) in [6.07, 6.45) is 15.6. The highest BCUT2D eigenvalue weighted by atomic mass is 16.5. The zero-order valence-electron chi connectivity index (χ0n) is 25.3. The third kappa shape index (κ3) is 6.27. The van der Waals surface area contributed by atoms with E-state index in [2.05, 4.69) is 41.5 Å². The highest BCUT2D eigenvalue weighted by molar-refractivity contribution is 5.84. The Labute approximate surface area is 232 Å². The molecule has 6 unspecified atom stereocenters. The van der Waals surface area contributed by atoms with Gasteiger partial charge in [0.05, 0.1) is 23.9 Å². The van der Waals surface area contributed by atoms with Gasteiger partial charge in [0.15, 0.2) is 0 Å². The van der Waals surface area contributed by atoms with Crippen molar-refractivity contribution in [3.63, 3.8) is 0 Å². The van der Waals surface area contributed by atoms with E-state index in [0.717, 1.165) is 83.0 Å². The van der Waals surface area contributed by atoms with Gasteiger partial charge in [0.25, 0.3) is 0 Å². The average Bonchev–Trinajstić information content (AvgIpc) is 3.25. The molecule has 0 aromatic carbocycles. The van der Waals surface area contributed by atoms with Crippen molar-refractivity contribution in [3.05, 3.63) is 0 Å². The minimum Gasteiger partial charge on any atom is -0.374 e. The summed E-state index contributed by atoms with van der Waals surface area (Å²) < 4.78 is 12.9. The van der Waals surface area contributed by atoms with E-state index in [0.29, 0.717) is 34.9 Å². The molecule has 5 rings (SSSR count). The van der Waals surface area contributed by atoms with Crippen LogP contribution in [0.5, 0.6) is 0 Å². The van der Waals surface area contributed by atoms with Crippen molar-refractivity contribution in [3.8, 4) is 0 Å². The number of rotatable bonds is 5. The molecule has 6 atom stereocenters. The first-order valence-electron chi connectivity index (χ1n) is 16.3. The lowest BCUT2D eigenvalue weighted by molar-refractivity contribution is -0.135. The highest BCUT2D eigenvalue weighted by Crippen LogP contribution is 2.53. The first kappa shape index (κ1) is 28.8. The molecule has 4 nitrogen and oxygen atoms in total. The number of hydrogen-bond acceptors (Lipinski definition) is 4. The normalized spacial score (nSPS) is 42.3. The fourth-order valence-electron chi connectivity index (χ4n) is 9.33. The van der Waals surface area contributed by atoms with Gasteiger partial charge in [-0.1, -0.05) is 27.2 Å². The van der Waals surface area contributed by atoms with Crippen molar-refractivity contribution < 1.29 is 19.1 Å². The van der Waals surface area contributed by atoms with Gasteiger partial charge in [0, 0.05) is 29.6 Å². The summed E-state index contributed by atoms with van der Waals surface area (Å²) in [5, 5.41) is 0. The number of ketones is 2. The predicted molar refractivity (Wildman–Crippen MR) is 152 cm³/mol. The summed E-state index contributed by atoms with van der Waals surface area (Å²) in [6, 6.07) is 0. The number of Topliss-reactive ketones (excluding diaryl/α,β-unsaturated/α-hetero) is 2. The minimum atomic E-state index is -0.111. The van der Waals surface area contributed by atoms with Gasteiger partial charge in [-0.15, -0.1) is 0 Å². The second kappa shape index (κ2) is 11.3. The third-order valence-corrected chi connectivity index (χ3v) is 11.3. The molecule has 4 saturated carbocycles. The number of carbonyl (C=O) groups excluding carboxylic acids is 2. The van der Waals surface area contributed by atoms with Crippen LogP contribution in [0, 0.1) is 46.8 Å². The Bertz CT molecular complexity index is 834. The maximum atomic E-state index is 13.9. The van der Waals surface area contributed by atoms with Crippen LogP contribution in [0.25, 0.3) is 0 Å². The molecule has 5 aliphatic rings. The van der Waals surface area contributed by atoms with Crippen LogP contribution in [0.1, 0.15) is 131 Å². The van der Waals surface area contributed by atoms with Crippen LogP contribution in [0.3, 0.4) is 0 Å². The van der Waals surface area contributed by atoms with Crippen molar-refractivity contribution in [1.82, 2.24) is 0 Å². The van der Waals surface area contributed by atoms with Crippen LogP contribution in [0.4, 0.5) is 0 Å². The van der Waals surface area contributed by atoms with E-state index in [1.54, 1.807) is 0 Å². The van der Waals surface area contributed by atoms with Crippen molar-refractivity contribution in [2.45, 2.75) is 155 Å². The molecule has 0 amide bonds. The second-order valence-corrected chi connectivity index (χ2v) is 15.9. The Morgan fingerprint density at radius 3 is 1.89 bits per heavy atom. The maximum Gasteiger partial charge on any atom is 0.139 e. The molecule has 5 fully saturated rings. The van der Waals surface area contributed by atoms with Gasteiger partial charge in [0.2, 0.25) is 0 Å². The molecule has 1 aliphatic heterocycles. The average molecular weight is 529 g/mol. The Balaban J connectivity index is 1.16. The number of carbonyl (C=O) groups is 2. The molecule has 1 saturated heterocycles. The van der Waals surface area contributed by atoms with Crippen LogP contribution in [0.15, 0.2) is 0 Å². The standard InChI is InChI=1S/C34H56O4/c1-33(2,3)24-15-10-21(11-16-24)31(35)23-14-19-26-29(20-23)37-28-9-7-8-27(30(26)28)32(36)22-12-17-25(18-13-22)38-34(4,5)6/h21-30H,7-20H2,1-6H3. The molecular formula is C34H56O4. The van der Waals surface area contributed by atoms with Crippen molar-refractivity contribution >= 4 is 11.6 Å². The molecule has 4 heteroatoms. The van der Waals surface area contributed by atoms with E-state index < -0.39 is 0 Å². The lowest BCUT2D eigenvalue weighted by Crippen LogP contribution is -2.43. The van der Waals surface area contributed by atoms with E-state index in [-0.39, 0.29) is 41.5 Å². The van der Waals surface area contributed by atoms with Crippen molar-refractivity contribution in [1.29, 1.82) is 0 Å². The summed E-state index contributed by atoms with van der Waals surface area (Å²) in [7, 11) is 0. The third-order valence-electron chi connectivity index (χ3n) is 11.3. The van der Waals surface area contributed by atoms with Gasteiger partial charge in [0.1, 0.15) is 11.6 Å². The van der Waals surface area contributed by atoms with Crippen molar-refractivity contribution in [2.24, 2.45) is 46.8 Å². The lowest BCUT2D eigenvalue weighted by Gasteiger charge is -2.40. The van der Waals surface area contributed by atoms with Crippen molar-refractivity contribution in [2.75, 3.05) is 0 Å².